The van der Waals surface area contributed by atoms with E-state index in [-0.39, 0.29) is 19.1 Å². The molecule has 2 N–H and O–H groups in total. The standard InChI is InChI=1S/C22H27N3O4/c1-16(2)14-28-19-9-7-18(8-10-19)12-24-25-21(26)13-23-22(27)15-29-20-6-4-5-17(3)11-20/h4-12,16H,13-15H2,1-3H3,(H,23,27)(H,25,26)/b24-12+. The van der Waals surface area contributed by atoms with Crippen LogP contribution in [-0.2, 0) is 9.59 Å². The van der Waals surface area contributed by atoms with Crippen LogP contribution in [0.5, 0.6) is 11.5 Å². The maximum absolute atomic E-state index is 11.8. The third-order valence-corrected chi connectivity index (χ3v) is 3.67. The van der Waals surface area contributed by atoms with Crippen LogP contribution < -0.4 is 20.2 Å². The summed E-state index contributed by atoms with van der Waals surface area (Å²) in [4.78, 5) is 23.5. The molecule has 0 atom stereocenters. The Balaban J connectivity index is 1.66. The van der Waals surface area contributed by atoms with Gasteiger partial charge in [-0.2, -0.15) is 5.10 Å². The molecule has 2 aromatic carbocycles. The minimum absolute atomic E-state index is 0.161. The lowest BCUT2D eigenvalue weighted by molar-refractivity contribution is -0.127. The van der Waals surface area contributed by atoms with Crippen molar-refractivity contribution in [1.82, 2.24) is 10.7 Å². The van der Waals surface area contributed by atoms with Gasteiger partial charge in [-0.3, -0.25) is 9.59 Å². The van der Waals surface area contributed by atoms with Crippen LogP contribution in [0.15, 0.2) is 53.6 Å². The van der Waals surface area contributed by atoms with E-state index in [1.807, 2.05) is 49.4 Å². The van der Waals surface area contributed by atoms with Crippen LogP contribution in [0.25, 0.3) is 0 Å². The van der Waals surface area contributed by atoms with Crippen molar-refractivity contribution in [1.29, 1.82) is 0 Å². The molecule has 0 saturated carbocycles. The molecule has 0 aliphatic heterocycles. The van der Waals surface area contributed by atoms with Crippen LogP contribution in [0.2, 0.25) is 0 Å². The lowest BCUT2D eigenvalue weighted by atomic mass is 10.2. The summed E-state index contributed by atoms with van der Waals surface area (Å²) < 4.78 is 11.0. The average molecular weight is 397 g/mol. The molecule has 0 aliphatic rings. The predicted octanol–water partition coefficient (Wildman–Crippen LogP) is 2.68. The Morgan fingerprint density at radius 2 is 1.79 bits per heavy atom. The van der Waals surface area contributed by atoms with Gasteiger partial charge in [0.05, 0.1) is 19.4 Å². The molecule has 0 unspecified atom stereocenters. The fourth-order valence-electron chi connectivity index (χ4n) is 2.22. The third-order valence-electron chi connectivity index (χ3n) is 3.67. The maximum atomic E-state index is 11.8. The molecular formula is C22H27N3O4. The number of benzene rings is 2. The molecule has 0 radical (unpaired) electrons. The zero-order valence-electron chi connectivity index (χ0n) is 17.0. The Kier molecular flexibility index (Phi) is 8.69. The highest BCUT2D eigenvalue weighted by Gasteiger charge is 2.06. The number of rotatable bonds is 10. The highest BCUT2D eigenvalue weighted by Crippen LogP contribution is 2.12. The number of aryl methyl sites for hydroxylation is 1. The lowest BCUT2D eigenvalue weighted by Crippen LogP contribution is -2.37. The summed E-state index contributed by atoms with van der Waals surface area (Å²) in [5.74, 6) is 1.04. The fourth-order valence-corrected chi connectivity index (χ4v) is 2.22. The van der Waals surface area contributed by atoms with Crippen molar-refractivity contribution >= 4 is 18.0 Å². The first-order valence-corrected chi connectivity index (χ1v) is 9.43. The average Bonchev–Trinajstić information content (AvgIpc) is 2.70. The van der Waals surface area contributed by atoms with Crippen molar-refractivity contribution in [3.63, 3.8) is 0 Å². The predicted molar refractivity (Wildman–Crippen MR) is 112 cm³/mol. The third kappa shape index (κ3) is 8.92. The Hall–Kier alpha value is -3.35. The highest BCUT2D eigenvalue weighted by atomic mass is 16.5. The minimum Gasteiger partial charge on any atom is -0.493 e. The normalized spacial score (nSPS) is 10.8. The van der Waals surface area contributed by atoms with Crippen molar-refractivity contribution in [3.05, 3.63) is 59.7 Å². The number of hydrogen-bond acceptors (Lipinski definition) is 5. The first-order chi connectivity index (χ1) is 13.9. The van der Waals surface area contributed by atoms with E-state index in [1.54, 1.807) is 6.07 Å². The molecule has 154 valence electrons. The summed E-state index contributed by atoms with van der Waals surface area (Å²) in [5, 5.41) is 6.36. The van der Waals surface area contributed by atoms with Crippen LogP contribution in [0.4, 0.5) is 0 Å². The van der Waals surface area contributed by atoms with Gasteiger partial charge in [0, 0.05) is 0 Å². The lowest BCUT2D eigenvalue weighted by Gasteiger charge is -2.08. The number of hydrazone groups is 1. The molecule has 0 heterocycles. The number of carbonyl (C=O) groups is 2. The summed E-state index contributed by atoms with van der Waals surface area (Å²) >= 11 is 0. The monoisotopic (exact) mass is 397 g/mol. The van der Waals surface area contributed by atoms with Crippen LogP contribution in [0, 0.1) is 12.8 Å². The van der Waals surface area contributed by atoms with Gasteiger partial charge >= 0.3 is 0 Å². The highest BCUT2D eigenvalue weighted by molar-refractivity contribution is 5.86. The van der Waals surface area contributed by atoms with E-state index in [0.717, 1.165) is 16.9 Å². The van der Waals surface area contributed by atoms with Crippen molar-refractivity contribution in [2.24, 2.45) is 11.0 Å². The number of nitrogens with one attached hydrogen (secondary N) is 2. The SMILES string of the molecule is Cc1cccc(OCC(=O)NCC(=O)N/N=C/c2ccc(OCC(C)C)cc2)c1. The van der Waals surface area contributed by atoms with Crippen molar-refractivity contribution in [2.45, 2.75) is 20.8 Å². The van der Waals surface area contributed by atoms with Gasteiger partial charge in [0.15, 0.2) is 6.61 Å². The van der Waals surface area contributed by atoms with E-state index in [4.69, 9.17) is 9.47 Å². The van der Waals surface area contributed by atoms with Crippen LogP contribution >= 0.6 is 0 Å². The Morgan fingerprint density at radius 1 is 1.03 bits per heavy atom. The molecule has 0 spiro atoms. The quantitative estimate of drug-likeness (QED) is 0.477. The molecule has 2 aromatic rings. The summed E-state index contributed by atoms with van der Waals surface area (Å²) in [6.07, 6.45) is 1.52. The Morgan fingerprint density at radius 3 is 2.48 bits per heavy atom. The summed E-state index contributed by atoms with van der Waals surface area (Å²) in [6.45, 7) is 6.42. The van der Waals surface area contributed by atoms with Crippen molar-refractivity contribution in [3.8, 4) is 11.5 Å². The van der Waals surface area contributed by atoms with Gasteiger partial charge in [-0.25, -0.2) is 5.43 Å². The molecule has 29 heavy (non-hydrogen) atoms. The molecule has 0 saturated heterocycles. The second-order valence-electron chi connectivity index (χ2n) is 6.95. The first kappa shape index (κ1) is 21.9. The minimum atomic E-state index is -0.429. The molecule has 0 fully saturated rings. The first-order valence-electron chi connectivity index (χ1n) is 9.43. The molecule has 7 nitrogen and oxygen atoms in total. The summed E-state index contributed by atoms with van der Waals surface area (Å²) in [6, 6.07) is 14.8. The van der Waals surface area contributed by atoms with E-state index in [0.29, 0.717) is 18.3 Å². The topological polar surface area (TPSA) is 89.0 Å². The zero-order chi connectivity index (χ0) is 21.1. The Labute approximate surface area is 171 Å². The molecule has 0 aliphatic carbocycles. The van der Waals surface area contributed by atoms with Gasteiger partial charge in [-0.05, 0) is 60.4 Å². The Bertz CT molecular complexity index is 832. The molecule has 7 heteroatoms. The fraction of sp³-hybridized carbons (Fsp3) is 0.318. The van der Waals surface area contributed by atoms with E-state index in [9.17, 15) is 9.59 Å². The van der Waals surface area contributed by atoms with Gasteiger partial charge in [0.25, 0.3) is 11.8 Å². The van der Waals surface area contributed by atoms with Gasteiger partial charge in [-0.15, -0.1) is 0 Å². The second-order valence-corrected chi connectivity index (χ2v) is 6.95. The molecule has 0 bridgehead atoms. The number of hydrogen-bond donors (Lipinski definition) is 2. The summed E-state index contributed by atoms with van der Waals surface area (Å²) in [7, 11) is 0. The maximum Gasteiger partial charge on any atom is 0.259 e. The zero-order valence-corrected chi connectivity index (χ0v) is 17.0. The number of nitrogens with zero attached hydrogens (tertiary/aromatic N) is 1. The van der Waals surface area contributed by atoms with E-state index in [1.165, 1.54) is 6.21 Å². The van der Waals surface area contributed by atoms with Crippen LogP contribution in [0.3, 0.4) is 0 Å². The molecule has 2 amide bonds. The number of carbonyl (C=O) groups excluding carboxylic acids is 2. The second kappa shape index (κ2) is 11.5. The summed E-state index contributed by atoms with van der Waals surface area (Å²) in [5.41, 5.74) is 4.22. The molecule has 0 aromatic heterocycles. The number of ether oxygens (including phenoxy) is 2. The number of amides is 2. The van der Waals surface area contributed by atoms with Crippen molar-refractivity contribution < 1.29 is 19.1 Å². The van der Waals surface area contributed by atoms with Gasteiger partial charge in [-0.1, -0.05) is 26.0 Å². The van der Waals surface area contributed by atoms with Crippen LogP contribution in [0.1, 0.15) is 25.0 Å². The molecule has 2 rings (SSSR count). The van der Waals surface area contributed by atoms with Crippen molar-refractivity contribution in [2.75, 3.05) is 19.8 Å². The largest absolute Gasteiger partial charge is 0.493 e. The van der Waals surface area contributed by atoms with E-state index in [2.05, 4.69) is 29.7 Å². The van der Waals surface area contributed by atoms with Gasteiger partial charge in [0.2, 0.25) is 0 Å². The van der Waals surface area contributed by atoms with Crippen LogP contribution in [-0.4, -0.2) is 37.8 Å². The van der Waals surface area contributed by atoms with Gasteiger partial charge in [0.1, 0.15) is 11.5 Å². The smallest absolute Gasteiger partial charge is 0.259 e. The molecular weight excluding hydrogens is 370 g/mol. The van der Waals surface area contributed by atoms with E-state index >= 15 is 0 Å². The van der Waals surface area contributed by atoms with Gasteiger partial charge < -0.3 is 14.8 Å². The van der Waals surface area contributed by atoms with E-state index < -0.39 is 5.91 Å².